The molecule has 4 rings (SSSR count). The summed E-state index contributed by atoms with van der Waals surface area (Å²) in [7, 11) is 1.74. The summed E-state index contributed by atoms with van der Waals surface area (Å²) in [6.45, 7) is 0. The van der Waals surface area contributed by atoms with E-state index in [2.05, 4.69) is 15.4 Å². The standard InChI is InChI=1S/C21H15N5O2/c1-26-19-14-9-5-6-10-17(14)23-12-16(19)18(25-26)20(27)15(11-22)21(28)24-13-7-3-2-4-8-13/h2-10,12,27H,1H3,(H,24,28). The molecule has 0 spiro atoms. The number of benzene rings is 2. The second-order valence-corrected chi connectivity index (χ2v) is 6.17. The summed E-state index contributed by atoms with van der Waals surface area (Å²) in [5.41, 5.74) is 1.78. The number of nitrogens with one attached hydrogen (secondary N) is 1. The molecule has 0 atom stereocenters. The van der Waals surface area contributed by atoms with Crippen molar-refractivity contribution in [1.29, 1.82) is 5.26 Å². The zero-order valence-electron chi connectivity index (χ0n) is 14.9. The van der Waals surface area contributed by atoms with Gasteiger partial charge in [-0.25, -0.2) is 0 Å². The van der Waals surface area contributed by atoms with Crippen LogP contribution in [0.25, 0.3) is 27.6 Å². The number of carbonyl (C=O) groups excluding carboxylic acids is 1. The monoisotopic (exact) mass is 369 g/mol. The highest BCUT2D eigenvalue weighted by Crippen LogP contribution is 2.29. The molecule has 1 amide bonds. The molecule has 0 fully saturated rings. The zero-order valence-corrected chi connectivity index (χ0v) is 14.9. The summed E-state index contributed by atoms with van der Waals surface area (Å²) in [4.78, 5) is 16.9. The van der Waals surface area contributed by atoms with E-state index < -0.39 is 17.2 Å². The highest BCUT2D eigenvalue weighted by Gasteiger charge is 2.22. The molecule has 2 aromatic heterocycles. The summed E-state index contributed by atoms with van der Waals surface area (Å²) in [5, 5.41) is 28.5. The largest absolute Gasteiger partial charge is 0.504 e. The third kappa shape index (κ3) is 2.83. The molecular weight excluding hydrogens is 354 g/mol. The van der Waals surface area contributed by atoms with Crippen LogP contribution in [0.1, 0.15) is 5.69 Å². The van der Waals surface area contributed by atoms with Crippen molar-refractivity contribution in [3.8, 4) is 6.07 Å². The van der Waals surface area contributed by atoms with Crippen LogP contribution >= 0.6 is 0 Å². The summed E-state index contributed by atoms with van der Waals surface area (Å²) < 4.78 is 1.61. The van der Waals surface area contributed by atoms with Gasteiger partial charge in [0.1, 0.15) is 11.8 Å². The van der Waals surface area contributed by atoms with E-state index in [1.54, 1.807) is 48.3 Å². The van der Waals surface area contributed by atoms with Crippen LogP contribution in [0.2, 0.25) is 0 Å². The molecule has 2 heterocycles. The zero-order chi connectivity index (χ0) is 19.7. The normalized spacial score (nSPS) is 11.9. The lowest BCUT2D eigenvalue weighted by Gasteiger charge is -2.05. The molecule has 0 aliphatic carbocycles. The van der Waals surface area contributed by atoms with Gasteiger partial charge in [-0.15, -0.1) is 0 Å². The molecule has 2 aromatic carbocycles. The van der Waals surface area contributed by atoms with E-state index in [0.29, 0.717) is 11.1 Å². The van der Waals surface area contributed by atoms with Crippen LogP contribution in [0.4, 0.5) is 5.69 Å². The van der Waals surface area contributed by atoms with E-state index in [4.69, 9.17) is 0 Å². The predicted octanol–water partition coefficient (Wildman–Crippen LogP) is 3.55. The Hall–Kier alpha value is -4.18. The SMILES string of the molecule is Cn1nc(C(O)=C(C#N)C(=O)Nc2ccccc2)c2cnc3ccccc3c21. The first-order chi connectivity index (χ1) is 13.6. The van der Waals surface area contributed by atoms with Crippen LogP contribution in [-0.4, -0.2) is 25.8 Å². The number of aromatic nitrogens is 3. The van der Waals surface area contributed by atoms with Gasteiger partial charge < -0.3 is 10.4 Å². The van der Waals surface area contributed by atoms with E-state index in [0.717, 1.165) is 16.4 Å². The molecule has 136 valence electrons. The molecule has 0 bridgehead atoms. The fourth-order valence-electron chi connectivity index (χ4n) is 3.12. The average Bonchev–Trinajstić information content (AvgIpc) is 3.06. The molecule has 0 saturated carbocycles. The molecule has 7 nitrogen and oxygen atoms in total. The molecule has 4 aromatic rings. The summed E-state index contributed by atoms with van der Waals surface area (Å²) in [6, 6.07) is 18.1. The van der Waals surface area contributed by atoms with Crippen molar-refractivity contribution < 1.29 is 9.90 Å². The van der Waals surface area contributed by atoms with Gasteiger partial charge in [0.05, 0.1) is 16.4 Å². The second-order valence-electron chi connectivity index (χ2n) is 6.17. The number of aliphatic hydroxyl groups excluding tert-OH is 1. The third-order valence-corrected chi connectivity index (χ3v) is 4.41. The molecule has 2 N–H and O–H groups in total. The fraction of sp³-hybridized carbons (Fsp3) is 0.0476. The highest BCUT2D eigenvalue weighted by atomic mass is 16.3. The van der Waals surface area contributed by atoms with Gasteiger partial charge in [0.25, 0.3) is 5.91 Å². The Morgan fingerprint density at radius 1 is 1.11 bits per heavy atom. The third-order valence-electron chi connectivity index (χ3n) is 4.41. The second kappa shape index (κ2) is 6.85. The van der Waals surface area contributed by atoms with Gasteiger partial charge in [-0.1, -0.05) is 36.4 Å². The number of hydrogen-bond donors (Lipinski definition) is 2. The Balaban J connectivity index is 1.84. The molecule has 0 aliphatic heterocycles. The predicted molar refractivity (Wildman–Crippen MR) is 106 cm³/mol. The fourth-order valence-corrected chi connectivity index (χ4v) is 3.12. The van der Waals surface area contributed by atoms with Gasteiger partial charge in [0.2, 0.25) is 0 Å². The number of fused-ring (bicyclic) bond motifs is 3. The van der Waals surface area contributed by atoms with Gasteiger partial charge in [-0.2, -0.15) is 10.4 Å². The summed E-state index contributed by atoms with van der Waals surface area (Å²) in [6.07, 6.45) is 1.58. The lowest BCUT2D eigenvalue weighted by Crippen LogP contribution is -2.15. The number of rotatable bonds is 3. The molecular formula is C21H15N5O2. The van der Waals surface area contributed by atoms with Crippen molar-refractivity contribution in [2.45, 2.75) is 0 Å². The maximum Gasteiger partial charge on any atom is 0.270 e. The molecule has 0 unspecified atom stereocenters. The first-order valence-corrected chi connectivity index (χ1v) is 8.50. The topological polar surface area (TPSA) is 104 Å². The number of aliphatic hydroxyl groups is 1. The quantitative estimate of drug-likeness (QED) is 0.326. The number of hydrogen-bond acceptors (Lipinski definition) is 5. The van der Waals surface area contributed by atoms with Crippen LogP contribution in [0.3, 0.4) is 0 Å². The van der Waals surface area contributed by atoms with E-state index >= 15 is 0 Å². The molecule has 0 saturated heterocycles. The minimum atomic E-state index is -0.709. The lowest BCUT2D eigenvalue weighted by atomic mass is 10.1. The first-order valence-electron chi connectivity index (χ1n) is 8.50. The van der Waals surface area contributed by atoms with Crippen molar-refractivity contribution in [1.82, 2.24) is 14.8 Å². The number of anilines is 1. The minimum absolute atomic E-state index is 0.135. The average molecular weight is 369 g/mol. The Labute approximate surface area is 160 Å². The maximum absolute atomic E-state index is 12.5. The minimum Gasteiger partial charge on any atom is -0.504 e. The number of nitriles is 1. The van der Waals surface area contributed by atoms with Gasteiger partial charge in [-0.3, -0.25) is 14.5 Å². The van der Waals surface area contributed by atoms with Gasteiger partial charge in [-0.05, 0) is 18.2 Å². The Morgan fingerprint density at radius 3 is 2.57 bits per heavy atom. The number of nitrogens with zero attached hydrogens (tertiary/aromatic N) is 4. The number of aryl methyl sites for hydroxylation is 1. The van der Waals surface area contributed by atoms with Crippen LogP contribution in [0, 0.1) is 11.3 Å². The Morgan fingerprint density at radius 2 is 1.82 bits per heavy atom. The highest BCUT2D eigenvalue weighted by molar-refractivity contribution is 6.13. The maximum atomic E-state index is 12.5. The van der Waals surface area contributed by atoms with Crippen molar-refractivity contribution in [2.75, 3.05) is 5.32 Å². The van der Waals surface area contributed by atoms with Crippen LogP contribution in [0.15, 0.2) is 66.4 Å². The van der Waals surface area contributed by atoms with Gasteiger partial charge >= 0.3 is 0 Å². The van der Waals surface area contributed by atoms with Crippen LogP contribution in [0.5, 0.6) is 0 Å². The molecule has 0 aliphatic rings. The van der Waals surface area contributed by atoms with Gasteiger partial charge in [0.15, 0.2) is 11.3 Å². The Kier molecular flexibility index (Phi) is 4.22. The van der Waals surface area contributed by atoms with Crippen LogP contribution < -0.4 is 5.32 Å². The number of para-hydroxylation sites is 2. The summed E-state index contributed by atoms with van der Waals surface area (Å²) >= 11 is 0. The molecule has 0 radical (unpaired) electrons. The van der Waals surface area contributed by atoms with Crippen molar-refractivity contribution in [3.05, 3.63) is 72.1 Å². The van der Waals surface area contributed by atoms with Crippen molar-refractivity contribution in [2.24, 2.45) is 7.05 Å². The number of carbonyl (C=O) groups is 1. The van der Waals surface area contributed by atoms with E-state index in [-0.39, 0.29) is 5.69 Å². The van der Waals surface area contributed by atoms with E-state index in [1.807, 2.05) is 30.3 Å². The number of pyridine rings is 1. The summed E-state index contributed by atoms with van der Waals surface area (Å²) in [5.74, 6) is -1.20. The van der Waals surface area contributed by atoms with Crippen molar-refractivity contribution >= 4 is 39.2 Å². The lowest BCUT2D eigenvalue weighted by molar-refractivity contribution is -0.112. The van der Waals surface area contributed by atoms with E-state index in [1.165, 1.54) is 0 Å². The van der Waals surface area contributed by atoms with E-state index in [9.17, 15) is 15.2 Å². The van der Waals surface area contributed by atoms with Crippen molar-refractivity contribution in [3.63, 3.8) is 0 Å². The Bertz CT molecular complexity index is 1280. The van der Waals surface area contributed by atoms with Crippen LogP contribution in [-0.2, 0) is 11.8 Å². The van der Waals surface area contributed by atoms with Gasteiger partial charge in [0, 0.05) is 24.3 Å². The molecule has 7 heteroatoms. The smallest absolute Gasteiger partial charge is 0.270 e. The first kappa shape index (κ1) is 17.2. The molecule has 28 heavy (non-hydrogen) atoms. The number of amides is 1.